The predicted octanol–water partition coefficient (Wildman–Crippen LogP) is 6.65. The highest BCUT2D eigenvalue weighted by Crippen LogP contribution is 2.35. The summed E-state index contributed by atoms with van der Waals surface area (Å²) in [6.45, 7) is 0.488. The second-order valence-electron chi connectivity index (χ2n) is 6.27. The van der Waals surface area contributed by atoms with Gasteiger partial charge in [-0.3, -0.25) is 0 Å². The number of aromatic nitrogens is 1. The van der Waals surface area contributed by atoms with Crippen molar-refractivity contribution in [3.05, 3.63) is 65.7 Å². The third-order valence-corrected chi connectivity index (χ3v) is 4.67. The first-order valence-corrected chi connectivity index (χ1v) is 9.90. The summed E-state index contributed by atoms with van der Waals surface area (Å²) in [4.78, 5) is 4.45. The molecule has 0 aliphatic carbocycles. The van der Waals surface area contributed by atoms with Crippen LogP contribution in [-0.2, 0) is 0 Å². The fourth-order valence-electron chi connectivity index (χ4n) is 2.75. The molecular weight excluding hydrogens is 413 g/mol. The SMILES string of the molecule is Oc1cc(OCCCCl)ccc1-c1nc2ccc(Oc3ccc(Cl)cc3)cc2o1. The van der Waals surface area contributed by atoms with Crippen molar-refractivity contribution < 1.29 is 19.0 Å². The number of benzene rings is 3. The molecule has 0 bridgehead atoms. The molecule has 0 spiro atoms. The number of hydrogen-bond acceptors (Lipinski definition) is 5. The van der Waals surface area contributed by atoms with Crippen molar-refractivity contribution in [2.24, 2.45) is 0 Å². The van der Waals surface area contributed by atoms with Gasteiger partial charge in [-0.25, -0.2) is 4.98 Å². The molecule has 4 aromatic rings. The minimum Gasteiger partial charge on any atom is -0.507 e. The quantitative estimate of drug-likeness (QED) is 0.263. The number of fused-ring (bicyclic) bond motifs is 1. The lowest BCUT2D eigenvalue weighted by Crippen LogP contribution is -1.97. The van der Waals surface area contributed by atoms with Crippen LogP contribution >= 0.6 is 23.2 Å². The Hall–Kier alpha value is -2.89. The molecule has 29 heavy (non-hydrogen) atoms. The number of ether oxygens (including phenoxy) is 2. The van der Waals surface area contributed by atoms with Crippen LogP contribution in [0.3, 0.4) is 0 Å². The number of nitrogens with zero attached hydrogens (tertiary/aromatic N) is 1. The number of hydrogen-bond donors (Lipinski definition) is 1. The minimum atomic E-state index is 0.0255. The van der Waals surface area contributed by atoms with E-state index in [0.29, 0.717) is 57.3 Å². The average molecular weight is 430 g/mol. The van der Waals surface area contributed by atoms with E-state index in [-0.39, 0.29) is 5.75 Å². The minimum absolute atomic E-state index is 0.0255. The summed E-state index contributed by atoms with van der Waals surface area (Å²) in [5.41, 5.74) is 1.68. The van der Waals surface area contributed by atoms with Crippen molar-refractivity contribution >= 4 is 34.3 Å². The van der Waals surface area contributed by atoms with Gasteiger partial charge in [-0.15, -0.1) is 11.6 Å². The van der Waals surface area contributed by atoms with E-state index >= 15 is 0 Å². The zero-order valence-electron chi connectivity index (χ0n) is 15.3. The number of phenols is 1. The molecule has 0 aliphatic heterocycles. The van der Waals surface area contributed by atoms with Gasteiger partial charge >= 0.3 is 0 Å². The van der Waals surface area contributed by atoms with Crippen LogP contribution in [0.25, 0.3) is 22.6 Å². The zero-order valence-corrected chi connectivity index (χ0v) is 16.8. The normalized spacial score (nSPS) is 11.0. The summed E-state index contributed by atoms with van der Waals surface area (Å²) < 4.78 is 17.2. The third kappa shape index (κ3) is 4.58. The van der Waals surface area contributed by atoms with Gasteiger partial charge in [-0.05, 0) is 55.0 Å². The van der Waals surface area contributed by atoms with Crippen molar-refractivity contribution in [3.8, 4) is 34.5 Å². The van der Waals surface area contributed by atoms with Crippen molar-refractivity contribution in [1.82, 2.24) is 4.98 Å². The molecule has 0 saturated heterocycles. The van der Waals surface area contributed by atoms with Crippen LogP contribution in [0.5, 0.6) is 23.0 Å². The molecular formula is C22H17Cl2NO4. The third-order valence-electron chi connectivity index (χ3n) is 4.16. The molecule has 1 aromatic heterocycles. The summed E-state index contributed by atoms with van der Waals surface area (Å²) in [5.74, 6) is 2.69. The number of alkyl halides is 1. The lowest BCUT2D eigenvalue weighted by molar-refractivity contribution is 0.316. The molecule has 0 atom stereocenters. The number of rotatable bonds is 7. The van der Waals surface area contributed by atoms with Gasteiger partial charge in [0.05, 0.1) is 12.2 Å². The van der Waals surface area contributed by atoms with E-state index in [2.05, 4.69) is 4.98 Å². The molecule has 3 aromatic carbocycles. The van der Waals surface area contributed by atoms with Crippen LogP contribution in [0.1, 0.15) is 6.42 Å². The fourth-order valence-corrected chi connectivity index (χ4v) is 2.98. The van der Waals surface area contributed by atoms with Gasteiger partial charge in [0.15, 0.2) is 5.58 Å². The molecule has 4 rings (SSSR count). The Morgan fingerprint density at radius 1 is 0.931 bits per heavy atom. The van der Waals surface area contributed by atoms with Crippen molar-refractivity contribution in [2.75, 3.05) is 12.5 Å². The lowest BCUT2D eigenvalue weighted by atomic mass is 10.2. The van der Waals surface area contributed by atoms with E-state index in [4.69, 9.17) is 37.1 Å². The number of oxazole rings is 1. The fraction of sp³-hybridized carbons (Fsp3) is 0.136. The molecule has 0 saturated carbocycles. The van der Waals surface area contributed by atoms with Crippen LogP contribution in [0, 0.1) is 0 Å². The number of halogens is 2. The van der Waals surface area contributed by atoms with Crippen LogP contribution in [0.15, 0.2) is 65.1 Å². The Morgan fingerprint density at radius 2 is 1.69 bits per heavy atom. The monoisotopic (exact) mass is 429 g/mol. The molecule has 7 heteroatoms. The highest BCUT2D eigenvalue weighted by Gasteiger charge is 2.14. The molecule has 0 unspecified atom stereocenters. The predicted molar refractivity (Wildman–Crippen MR) is 113 cm³/mol. The molecule has 0 radical (unpaired) electrons. The van der Waals surface area contributed by atoms with Crippen molar-refractivity contribution in [3.63, 3.8) is 0 Å². The Balaban J connectivity index is 1.56. The molecule has 5 nitrogen and oxygen atoms in total. The smallest absolute Gasteiger partial charge is 0.231 e. The summed E-state index contributed by atoms with van der Waals surface area (Å²) in [7, 11) is 0. The average Bonchev–Trinajstić information content (AvgIpc) is 3.13. The topological polar surface area (TPSA) is 64.7 Å². The van der Waals surface area contributed by atoms with Gasteiger partial charge in [0, 0.05) is 23.0 Å². The molecule has 0 amide bonds. The summed E-state index contributed by atoms with van der Waals surface area (Å²) in [6, 6.07) is 17.4. The van der Waals surface area contributed by atoms with Gasteiger partial charge in [-0.1, -0.05) is 11.6 Å². The number of phenolic OH excluding ortho intramolecular Hbond substituents is 1. The van der Waals surface area contributed by atoms with Crippen LogP contribution < -0.4 is 9.47 Å². The first-order chi connectivity index (χ1) is 14.1. The van der Waals surface area contributed by atoms with E-state index in [0.717, 1.165) is 6.42 Å². The maximum atomic E-state index is 10.4. The highest BCUT2D eigenvalue weighted by atomic mass is 35.5. The Labute approximate surface area is 177 Å². The van der Waals surface area contributed by atoms with E-state index < -0.39 is 0 Å². The van der Waals surface area contributed by atoms with E-state index in [1.54, 1.807) is 54.6 Å². The molecule has 0 aliphatic rings. The highest BCUT2D eigenvalue weighted by molar-refractivity contribution is 6.30. The van der Waals surface area contributed by atoms with Crippen LogP contribution in [0.4, 0.5) is 0 Å². The second-order valence-corrected chi connectivity index (χ2v) is 7.09. The Kier molecular flexibility index (Phi) is 5.79. The lowest BCUT2D eigenvalue weighted by Gasteiger charge is -2.07. The number of aromatic hydroxyl groups is 1. The van der Waals surface area contributed by atoms with Gasteiger partial charge in [-0.2, -0.15) is 0 Å². The molecule has 0 fully saturated rings. The molecule has 148 valence electrons. The molecule has 1 heterocycles. The van der Waals surface area contributed by atoms with E-state index in [1.165, 1.54) is 6.07 Å². The standard InChI is InChI=1S/C22H17Cl2NO4/c23-10-1-11-27-16-6-8-18(20(26)12-16)22-25-19-9-7-17(13-21(19)29-22)28-15-4-2-14(24)3-5-15/h2-9,12-13,26H,1,10-11H2. The van der Waals surface area contributed by atoms with Crippen molar-refractivity contribution in [2.45, 2.75) is 6.42 Å². The first-order valence-electron chi connectivity index (χ1n) is 8.98. The summed E-state index contributed by atoms with van der Waals surface area (Å²) >= 11 is 11.5. The Bertz CT molecular complexity index is 1130. The zero-order chi connectivity index (χ0) is 20.2. The van der Waals surface area contributed by atoms with Gasteiger partial charge < -0.3 is 19.0 Å². The van der Waals surface area contributed by atoms with Gasteiger partial charge in [0.1, 0.15) is 28.5 Å². The van der Waals surface area contributed by atoms with E-state index in [9.17, 15) is 5.11 Å². The Morgan fingerprint density at radius 3 is 2.45 bits per heavy atom. The first kappa shape index (κ1) is 19.4. The van der Waals surface area contributed by atoms with Crippen molar-refractivity contribution in [1.29, 1.82) is 0 Å². The molecule has 1 N–H and O–H groups in total. The second kappa shape index (κ2) is 8.64. The van der Waals surface area contributed by atoms with Crippen LogP contribution in [-0.4, -0.2) is 22.6 Å². The largest absolute Gasteiger partial charge is 0.507 e. The van der Waals surface area contributed by atoms with E-state index in [1.807, 2.05) is 0 Å². The van der Waals surface area contributed by atoms with Gasteiger partial charge in [0.25, 0.3) is 0 Å². The maximum Gasteiger partial charge on any atom is 0.231 e. The van der Waals surface area contributed by atoms with Crippen LogP contribution in [0.2, 0.25) is 5.02 Å². The van der Waals surface area contributed by atoms with Gasteiger partial charge in [0.2, 0.25) is 5.89 Å². The summed E-state index contributed by atoms with van der Waals surface area (Å²) in [5, 5.41) is 11.0. The maximum absolute atomic E-state index is 10.4. The summed E-state index contributed by atoms with van der Waals surface area (Å²) in [6.07, 6.45) is 0.732.